The normalized spacial score (nSPS) is 13.6. The number of aromatic nitrogens is 4. The van der Waals surface area contributed by atoms with Crippen molar-refractivity contribution in [2.45, 2.75) is 91.5 Å². The summed E-state index contributed by atoms with van der Waals surface area (Å²) >= 11 is 24.1. The molecule has 4 aromatic rings. The fraction of sp³-hybridized carbons (Fsp3) is 0.419. The number of hydrogen-bond donors (Lipinski definition) is 3. The van der Waals surface area contributed by atoms with E-state index in [4.69, 9.17) is 74.8 Å². The molecule has 0 fully saturated rings. The summed E-state index contributed by atoms with van der Waals surface area (Å²) in [6, 6.07) is 3.99. The zero-order valence-corrected chi connectivity index (χ0v) is 40.1. The van der Waals surface area contributed by atoms with Crippen molar-refractivity contribution in [2.75, 3.05) is 21.0 Å². The molecular formula is C43H50Cl4N6O12. The van der Waals surface area contributed by atoms with Gasteiger partial charge >= 0.3 is 17.9 Å². The first-order valence-corrected chi connectivity index (χ1v) is 21.3. The van der Waals surface area contributed by atoms with E-state index in [9.17, 15) is 29.1 Å². The van der Waals surface area contributed by atoms with Gasteiger partial charge in [-0.15, -0.1) is 0 Å². The fourth-order valence-corrected chi connectivity index (χ4v) is 6.46. The lowest BCUT2D eigenvalue weighted by Crippen LogP contribution is -2.41. The number of ether oxygens (including phenoxy) is 6. The lowest BCUT2D eigenvalue weighted by molar-refractivity contribution is -0.154. The molecule has 0 bridgehead atoms. The maximum atomic E-state index is 12.9. The van der Waals surface area contributed by atoms with Crippen LogP contribution in [0.1, 0.15) is 99.6 Å². The quantitative estimate of drug-likeness (QED) is 0.0496. The summed E-state index contributed by atoms with van der Waals surface area (Å²) in [4.78, 5) is 78.2. The zero-order chi connectivity index (χ0) is 48.7. The number of aromatic hydroxyl groups is 1. The van der Waals surface area contributed by atoms with Crippen molar-refractivity contribution in [3.8, 4) is 23.0 Å². The van der Waals surface area contributed by atoms with Gasteiger partial charge in [0.15, 0.2) is 34.4 Å². The van der Waals surface area contributed by atoms with Gasteiger partial charge in [-0.3, -0.25) is 24.4 Å². The minimum atomic E-state index is -1.03. The van der Waals surface area contributed by atoms with E-state index in [2.05, 4.69) is 30.6 Å². The highest BCUT2D eigenvalue weighted by Crippen LogP contribution is 2.32. The Morgan fingerprint density at radius 2 is 1.06 bits per heavy atom. The molecule has 0 aliphatic carbocycles. The van der Waals surface area contributed by atoms with Crippen LogP contribution in [-0.4, -0.2) is 100 Å². The van der Waals surface area contributed by atoms with Crippen LogP contribution >= 0.6 is 46.4 Å². The fourth-order valence-electron chi connectivity index (χ4n) is 5.36. The number of rotatable bonds is 18. The third kappa shape index (κ3) is 15.2. The number of carbonyl (C=O) groups is 5. The van der Waals surface area contributed by atoms with Crippen LogP contribution in [0.5, 0.6) is 23.0 Å². The molecule has 0 radical (unpaired) electrons. The maximum Gasteiger partial charge on any atom is 0.328 e. The first kappa shape index (κ1) is 53.6. The van der Waals surface area contributed by atoms with Gasteiger partial charge in [0, 0.05) is 48.8 Å². The summed E-state index contributed by atoms with van der Waals surface area (Å²) in [6.07, 6.45) is 4.40. The van der Waals surface area contributed by atoms with Crippen molar-refractivity contribution in [1.29, 1.82) is 0 Å². The van der Waals surface area contributed by atoms with E-state index in [0.717, 1.165) is 0 Å². The zero-order valence-electron chi connectivity index (χ0n) is 37.1. The van der Waals surface area contributed by atoms with Crippen LogP contribution in [-0.2, 0) is 28.6 Å². The Bertz CT molecular complexity index is 2320. The second kappa shape index (κ2) is 25.1. The van der Waals surface area contributed by atoms with E-state index < -0.39 is 66.6 Å². The highest BCUT2D eigenvalue weighted by molar-refractivity contribution is 6.35. The van der Waals surface area contributed by atoms with Crippen LogP contribution in [0.15, 0.2) is 49.1 Å². The number of nitrogens with one attached hydrogen (secondary N) is 2. The minimum absolute atomic E-state index is 0.0416. The predicted octanol–water partition coefficient (Wildman–Crippen LogP) is 7.53. The molecule has 0 aromatic carbocycles. The molecule has 352 valence electrons. The lowest BCUT2D eigenvalue weighted by atomic mass is 10.0. The molecule has 0 saturated carbocycles. The van der Waals surface area contributed by atoms with Gasteiger partial charge in [0.05, 0.1) is 51.6 Å². The van der Waals surface area contributed by atoms with Gasteiger partial charge in [-0.1, -0.05) is 74.1 Å². The number of halogens is 4. The first-order chi connectivity index (χ1) is 30.6. The number of hydrogen-bond acceptors (Lipinski definition) is 16. The summed E-state index contributed by atoms with van der Waals surface area (Å²) in [5.74, 6) is -4.44. The third-order valence-electron chi connectivity index (χ3n) is 9.45. The largest absolute Gasteiger partial charge is 0.503 e. The second-order valence-electron chi connectivity index (χ2n) is 14.6. The molecule has 22 heteroatoms. The Kier molecular flexibility index (Phi) is 20.7. The van der Waals surface area contributed by atoms with Crippen molar-refractivity contribution >= 4 is 76.1 Å². The number of pyridine rings is 4. The summed E-state index contributed by atoms with van der Waals surface area (Å²) in [6.45, 7) is 12.8. The van der Waals surface area contributed by atoms with Gasteiger partial charge < -0.3 is 44.2 Å². The second-order valence-corrected chi connectivity index (χ2v) is 16.3. The summed E-state index contributed by atoms with van der Waals surface area (Å²) in [7, 11) is 2.73. The van der Waals surface area contributed by atoms with Crippen molar-refractivity contribution < 1.29 is 57.5 Å². The highest BCUT2D eigenvalue weighted by atomic mass is 35.5. The minimum Gasteiger partial charge on any atom is -0.503 e. The average Bonchev–Trinajstić information content (AvgIpc) is 3.25. The molecule has 0 saturated heterocycles. The molecule has 0 aliphatic rings. The van der Waals surface area contributed by atoms with E-state index in [1.165, 1.54) is 65.0 Å². The molecule has 3 N–H and O–H groups in total. The summed E-state index contributed by atoms with van der Waals surface area (Å²) < 4.78 is 31.6. The lowest BCUT2D eigenvalue weighted by Gasteiger charge is -2.23. The molecule has 65 heavy (non-hydrogen) atoms. The van der Waals surface area contributed by atoms with Crippen LogP contribution in [0.3, 0.4) is 0 Å². The number of carbonyl (C=O) groups excluding carboxylic acids is 5. The number of amides is 2. The molecule has 0 spiro atoms. The van der Waals surface area contributed by atoms with E-state index in [-0.39, 0.29) is 46.4 Å². The van der Waals surface area contributed by atoms with Crippen molar-refractivity contribution in [2.24, 2.45) is 5.92 Å². The topological polar surface area (TPSA) is 237 Å². The first-order valence-electron chi connectivity index (χ1n) is 19.8. The highest BCUT2D eigenvalue weighted by Gasteiger charge is 2.29. The Morgan fingerprint density at radius 1 is 0.631 bits per heavy atom. The third-order valence-corrected chi connectivity index (χ3v) is 10.5. The Morgan fingerprint density at radius 3 is 1.49 bits per heavy atom. The molecular weight excluding hydrogens is 934 g/mol. The number of nitrogens with zero attached hydrogens (tertiary/aromatic N) is 4. The SMILES string of the molecule is COc1ccnc(C(=O)N[C@@H](C)C(=O)OC(C)C(C)c2ncc(Cl)cc2Cl)c1O.COc1ccnc(C(=O)N[C@@H](C)C(=O)OC(C)C(C)c2ncc(Cl)cc2Cl)c1OCOC(=O)C(C)C. The maximum absolute atomic E-state index is 12.9. The van der Waals surface area contributed by atoms with Crippen LogP contribution in [0.2, 0.25) is 20.1 Å². The Hall–Kier alpha value is -5.69. The van der Waals surface area contributed by atoms with Crippen LogP contribution < -0.4 is 24.8 Å². The van der Waals surface area contributed by atoms with Gasteiger partial charge in [-0.25, -0.2) is 19.6 Å². The van der Waals surface area contributed by atoms with Gasteiger partial charge in [0.2, 0.25) is 6.79 Å². The van der Waals surface area contributed by atoms with Crippen LogP contribution in [0, 0.1) is 5.92 Å². The van der Waals surface area contributed by atoms with Crippen molar-refractivity contribution in [3.63, 3.8) is 0 Å². The molecule has 2 amide bonds. The molecule has 4 heterocycles. The molecule has 4 unspecified atom stereocenters. The summed E-state index contributed by atoms with van der Waals surface area (Å²) in [5, 5.41) is 16.5. The van der Waals surface area contributed by atoms with Crippen LogP contribution in [0.25, 0.3) is 0 Å². The van der Waals surface area contributed by atoms with E-state index >= 15 is 0 Å². The van der Waals surface area contributed by atoms with E-state index in [1.54, 1.807) is 46.8 Å². The predicted molar refractivity (Wildman–Crippen MR) is 240 cm³/mol. The smallest absolute Gasteiger partial charge is 0.328 e. The molecule has 0 aliphatic heterocycles. The number of methoxy groups -OCH3 is 2. The average molecular weight is 985 g/mol. The molecule has 18 nitrogen and oxygen atoms in total. The van der Waals surface area contributed by atoms with Crippen LogP contribution in [0.4, 0.5) is 0 Å². The summed E-state index contributed by atoms with van der Waals surface area (Å²) in [5.41, 5.74) is 0.646. The van der Waals surface area contributed by atoms with E-state index in [0.29, 0.717) is 31.5 Å². The number of esters is 3. The standard InChI is InChI=1S/C24H29Cl2N3O7.C19H21Cl2N3O5/c1-12(2)23(31)35-11-34-21-18(33-6)7-8-27-20(21)22(30)29-14(4)24(32)36-15(5)13(3)19-17(26)9-16(25)10-28-19;1-9(15-13(21)7-12(20)8-23-15)11(3)29-19(27)10(2)24-18(26)16-17(25)14(28-4)5-6-22-16/h7-10,12-15H,11H2,1-6H3,(H,29,30);5-11,25H,1-4H3,(H,24,26)/t13?,14-,15?;9?,10-,11?/m00/s1. The molecule has 6 atom stereocenters. The monoisotopic (exact) mass is 982 g/mol. The van der Waals surface area contributed by atoms with Gasteiger partial charge in [-0.2, -0.15) is 0 Å². The molecule has 4 aromatic heterocycles. The molecule has 4 rings (SSSR count). The van der Waals surface area contributed by atoms with E-state index in [1.807, 2.05) is 6.92 Å². The van der Waals surface area contributed by atoms with Gasteiger partial charge in [0.25, 0.3) is 11.8 Å². The van der Waals surface area contributed by atoms with Crippen molar-refractivity contribution in [1.82, 2.24) is 30.6 Å². The van der Waals surface area contributed by atoms with Gasteiger partial charge in [-0.05, 0) is 39.8 Å². The van der Waals surface area contributed by atoms with Gasteiger partial charge in [0.1, 0.15) is 24.3 Å². The van der Waals surface area contributed by atoms with Crippen molar-refractivity contribution in [3.05, 3.63) is 91.9 Å². The Labute approximate surface area is 395 Å². The Balaban J connectivity index is 0.000000353.